The Balaban J connectivity index is 1.83. The molecule has 3 heteroatoms. The first kappa shape index (κ1) is 12.3. The molecule has 0 spiro atoms. The predicted octanol–water partition coefficient (Wildman–Crippen LogP) is 1.79. The van der Waals surface area contributed by atoms with Crippen LogP contribution >= 0.6 is 0 Å². The molecule has 0 aromatic heterocycles. The van der Waals surface area contributed by atoms with E-state index in [1.165, 1.54) is 32.1 Å². The van der Waals surface area contributed by atoms with Crippen molar-refractivity contribution in [2.45, 2.75) is 56.6 Å². The molecule has 16 heavy (non-hydrogen) atoms. The molecule has 2 fully saturated rings. The van der Waals surface area contributed by atoms with Crippen molar-refractivity contribution in [1.29, 1.82) is 0 Å². The van der Waals surface area contributed by atoms with Crippen molar-refractivity contribution in [3.8, 4) is 0 Å². The molecule has 3 nitrogen and oxygen atoms in total. The van der Waals surface area contributed by atoms with Gasteiger partial charge in [-0.15, -0.1) is 0 Å². The summed E-state index contributed by atoms with van der Waals surface area (Å²) in [6, 6.07) is 0.723. The highest BCUT2D eigenvalue weighted by atomic mass is 16.5. The van der Waals surface area contributed by atoms with Crippen LogP contribution in [-0.2, 0) is 4.74 Å². The molecule has 0 bridgehead atoms. The normalized spacial score (nSPS) is 24.9. The second kappa shape index (κ2) is 5.48. The van der Waals surface area contributed by atoms with E-state index < -0.39 is 5.60 Å². The lowest BCUT2D eigenvalue weighted by molar-refractivity contribution is -0.0320. The molecule has 2 saturated carbocycles. The van der Waals surface area contributed by atoms with Gasteiger partial charge in [-0.2, -0.15) is 0 Å². The Morgan fingerprint density at radius 2 is 1.94 bits per heavy atom. The summed E-state index contributed by atoms with van der Waals surface area (Å²) in [5.74, 6) is 0. The molecule has 2 rings (SSSR count). The van der Waals surface area contributed by atoms with Crippen LogP contribution in [0.1, 0.15) is 44.9 Å². The second-order valence-electron chi connectivity index (χ2n) is 5.48. The summed E-state index contributed by atoms with van der Waals surface area (Å²) in [5, 5.41) is 10.5. The number of hydrogen-bond acceptors (Lipinski definition) is 3. The van der Waals surface area contributed by atoms with Gasteiger partial charge in [-0.1, -0.05) is 19.3 Å². The first-order valence-electron chi connectivity index (χ1n) is 6.69. The molecule has 1 N–H and O–H groups in total. The highest BCUT2D eigenvalue weighted by Crippen LogP contribution is 2.33. The summed E-state index contributed by atoms with van der Waals surface area (Å²) >= 11 is 0. The zero-order valence-corrected chi connectivity index (χ0v) is 10.5. The third-order valence-corrected chi connectivity index (χ3v) is 3.93. The van der Waals surface area contributed by atoms with E-state index in [1.807, 2.05) is 0 Å². The lowest BCUT2D eigenvalue weighted by Crippen LogP contribution is -2.46. The fraction of sp³-hybridized carbons (Fsp3) is 1.00. The predicted molar refractivity (Wildman–Crippen MR) is 64.5 cm³/mol. The third-order valence-electron chi connectivity index (χ3n) is 3.93. The van der Waals surface area contributed by atoms with E-state index in [0.717, 1.165) is 38.6 Å². The van der Waals surface area contributed by atoms with Crippen molar-refractivity contribution < 1.29 is 9.84 Å². The maximum Gasteiger partial charge on any atom is 0.0774 e. The minimum absolute atomic E-state index is 0.408. The smallest absolute Gasteiger partial charge is 0.0774 e. The van der Waals surface area contributed by atoms with Gasteiger partial charge in [-0.3, -0.25) is 4.90 Å². The first-order valence-corrected chi connectivity index (χ1v) is 6.69. The minimum Gasteiger partial charge on any atom is -0.389 e. The van der Waals surface area contributed by atoms with Gasteiger partial charge in [0, 0.05) is 26.2 Å². The monoisotopic (exact) mass is 227 g/mol. The van der Waals surface area contributed by atoms with Crippen LogP contribution in [0.25, 0.3) is 0 Å². The summed E-state index contributed by atoms with van der Waals surface area (Å²) in [6.45, 7) is 2.62. The van der Waals surface area contributed by atoms with Gasteiger partial charge in [-0.05, 0) is 25.7 Å². The molecular weight excluding hydrogens is 202 g/mol. The molecule has 0 aromatic carbocycles. The molecule has 0 aliphatic heterocycles. The van der Waals surface area contributed by atoms with Gasteiger partial charge < -0.3 is 9.84 Å². The van der Waals surface area contributed by atoms with Gasteiger partial charge >= 0.3 is 0 Å². The van der Waals surface area contributed by atoms with Gasteiger partial charge in [0.1, 0.15) is 0 Å². The standard InChI is InChI=1S/C13H25NO2/c1-16-10-9-14(12-5-6-12)11-13(15)7-3-2-4-8-13/h12,15H,2-11H2,1H3. The fourth-order valence-corrected chi connectivity index (χ4v) is 2.78. The number of aliphatic hydroxyl groups is 1. The maximum absolute atomic E-state index is 10.5. The van der Waals surface area contributed by atoms with Crippen molar-refractivity contribution in [1.82, 2.24) is 4.90 Å². The topological polar surface area (TPSA) is 32.7 Å². The number of rotatable bonds is 6. The zero-order valence-electron chi connectivity index (χ0n) is 10.5. The highest BCUT2D eigenvalue weighted by molar-refractivity contribution is 4.91. The van der Waals surface area contributed by atoms with E-state index in [4.69, 9.17) is 4.74 Å². The number of nitrogens with zero attached hydrogens (tertiary/aromatic N) is 1. The van der Waals surface area contributed by atoms with Crippen LogP contribution in [-0.4, -0.2) is 48.5 Å². The van der Waals surface area contributed by atoms with Crippen molar-refractivity contribution in [2.24, 2.45) is 0 Å². The summed E-state index contributed by atoms with van der Waals surface area (Å²) in [6.07, 6.45) is 8.27. The van der Waals surface area contributed by atoms with Crippen LogP contribution < -0.4 is 0 Å². The number of ether oxygens (including phenoxy) is 1. The molecule has 0 saturated heterocycles. The fourth-order valence-electron chi connectivity index (χ4n) is 2.78. The van der Waals surface area contributed by atoms with Crippen LogP contribution in [0.3, 0.4) is 0 Å². The molecule has 0 unspecified atom stereocenters. The highest BCUT2D eigenvalue weighted by Gasteiger charge is 2.36. The van der Waals surface area contributed by atoms with Gasteiger partial charge in [0.15, 0.2) is 0 Å². The van der Waals surface area contributed by atoms with Crippen LogP contribution in [0.15, 0.2) is 0 Å². The molecule has 2 aliphatic carbocycles. The molecule has 0 amide bonds. The largest absolute Gasteiger partial charge is 0.389 e. The maximum atomic E-state index is 10.5. The lowest BCUT2D eigenvalue weighted by atomic mass is 9.84. The third kappa shape index (κ3) is 3.44. The Hall–Kier alpha value is -0.120. The Morgan fingerprint density at radius 3 is 2.50 bits per heavy atom. The Labute approximate surface area is 98.8 Å². The van der Waals surface area contributed by atoms with Gasteiger partial charge in [0.2, 0.25) is 0 Å². The molecule has 0 heterocycles. The minimum atomic E-state index is -0.408. The first-order chi connectivity index (χ1) is 7.73. The van der Waals surface area contributed by atoms with E-state index in [1.54, 1.807) is 7.11 Å². The Kier molecular flexibility index (Phi) is 4.22. The quantitative estimate of drug-likeness (QED) is 0.751. The Morgan fingerprint density at radius 1 is 1.25 bits per heavy atom. The lowest BCUT2D eigenvalue weighted by Gasteiger charge is -2.37. The molecule has 94 valence electrons. The van der Waals surface area contributed by atoms with Crippen LogP contribution in [0.2, 0.25) is 0 Å². The van der Waals surface area contributed by atoms with Crippen molar-refractivity contribution in [3.63, 3.8) is 0 Å². The van der Waals surface area contributed by atoms with E-state index in [9.17, 15) is 5.11 Å². The molecular formula is C13H25NO2. The average Bonchev–Trinajstić information content (AvgIpc) is 3.09. The summed E-state index contributed by atoms with van der Waals surface area (Å²) < 4.78 is 5.15. The van der Waals surface area contributed by atoms with Crippen molar-refractivity contribution >= 4 is 0 Å². The summed E-state index contributed by atoms with van der Waals surface area (Å²) in [4.78, 5) is 2.44. The molecule has 0 atom stereocenters. The SMILES string of the molecule is COCCN(CC1(O)CCCCC1)C1CC1. The van der Waals surface area contributed by atoms with Gasteiger partial charge in [-0.25, -0.2) is 0 Å². The van der Waals surface area contributed by atoms with Gasteiger partial charge in [0.25, 0.3) is 0 Å². The van der Waals surface area contributed by atoms with E-state index in [2.05, 4.69) is 4.90 Å². The van der Waals surface area contributed by atoms with Crippen molar-refractivity contribution in [3.05, 3.63) is 0 Å². The molecule has 0 radical (unpaired) electrons. The van der Waals surface area contributed by atoms with E-state index in [-0.39, 0.29) is 0 Å². The van der Waals surface area contributed by atoms with Crippen LogP contribution in [0, 0.1) is 0 Å². The number of methoxy groups -OCH3 is 1. The number of hydrogen-bond donors (Lipinski definition) is 1. The van der Waals surface area contributed by atoms with E-state index in [0.29, 0.717) is 0 Å². The molecule has 0 aromatic rings. The van der Waals surface area contributed by atoms with Crippen LogP contribution in [0.5, 0.6) is 0 Å². The Bertz CT molecular complexity index is 210. The van der Waals surface area contributed by atoms with E-state index >= 15 is 0 Å². The summed E-state index contributed by atoms with van der Waals surface area (Å²) in [5.41, 5.74) is -0.408. The van der Waals surface area contributed by atoms with Crippen LogP contribution in [0.4, 0.5) is 0 Å². The average molecular weight is 227 g/mol. The summed E-state index contributed by atoms with van der Waals surface area (Å²) in [7, 11) is 1.75. The van der Waals surface area contributed by atoms with Crippen molar-refractivity contribution in [2.75, 3.05) is 26.8 Å². The molecule has 2 aliphatic rings. The zero-order chi connectivity index (χ0) is 11.4. The van der Waals surface area contributed by atoms with Gasteiger partial charge in [0.05, 0.1) is 12.2 Å². The second-order valence-corrected chi connectivity index (χ2v) is 5.48.